The molecule has 2 aromatic rings. The van der Waals surface area contributed by atoms with E-state index in [1.165, 1.54) is 0 Å². The molecule has 4 rings (SSSR count). The molecule has 2 aliphatic heterocycles. The lowest BCUT2D eigenvalue weighted by Gasteiger charge is -2.22. The first-order chi connectivity index (χ1) is 15.6. The van der Waals surface area contributed by atoms with Gasteiger partial charge in [-0.25, -0.2) is 4.98 Å². The highest BCUT2D eigenvalue weighted by atomic mass is 35.5. The van der Waals surface area contributed by atoms with Crippen molar-refractivity contribution in [3.05, 3.63) is 40.1 Å². The first-order valence-electron chi connectivity index (χ1n) is 11.0. The third kappa shape index (κ3) is 6.17. The van der Waals surface area contributed by atoms with Gasteiger partial charge in [-0.15, -0.1) is 0 Å². The number of hydrogen-bond acceptors (Lipinski definition) is 7. The summed E-state index contributed by atoms with van der Waals surface area (Å²) in [6.45, 7) is 4.88. The summed E-state index contributed by atoms with van der Waals surface area (Å²) in [6, 6.07) is 5.48. The number of rotatable bonds is 7. The van der Waals surface area contributed by atoms with Gasteiger partial charge in [0.15, 0.2) is 0 Å². The number of carbonyl (C=O) groups is 1. The van der Waals surface area contributed by atoms with E-state index in [0.717, 1.165) is 45.0 Å². The Hall–Kier alpha value is -1.77. The van der Waals surface area contributed by atoms with Crippen LogP contribution >= 0.6 is 23.2 Å². The van der Waals surface area contributed by atoms with E-state index in [1.807, 2.05) is 18.2 Å². The van der Waals surface area contributed by atoms with E-state index in [-0.39, 0.29) is 18.1 Å². The van der Waals surface area contributed by atoms with Crippen LogP contribution in [0.2, 0.25) is 10.0 Å². The summed E-state index contributed by atoms with van der Waals surface area (Å²) in [5.74, 6) is 1.21. The third-order valence-corrected chi connectivity index (χ3v) is 6.48. The maximum absolute atomic E-state index is 12.8. The summed E-state index contributed by atoms with van der Waals surface area (Å²) in [4.78, 5) is 21.8. The quantitative estimate of drug-likeness (QED) is 0.627. The van der Waals surface area contributed by atoms with Crippen molar-refractivity contribution in [2.75, 3.05) is 51.4 Å². The molecule has 2 saturated heterocycles. The minimum Gasteiger partial charge on any atom is -0.381 e. The highest BCUT2D eigenvalue weighted by Gasteiger charge is 2.22. The van der Waals surface area contributed by atoms with Gasteiger partial charge in [-0.2, -0.15) is 0 Å². The molecule has 172 valence electrons. The fraction of sp³-hybridized carbons (Fsp3) is 0.522. The number of hydrogen-bond donors (Lipinski definition) is 2. The molecule has 2 N–H and O–H groups in total. The second kappa shape index (κ2) is 11.4. The average molecular weight is 479 g/mol. The van der Waals surface area contributed by atoms with Gasteiger partial charge in [-0.3, -0.25) is 9.78 Å². The van der Waals surface area contributed by atoms with Crippen molar-refractivity contribution < 1.29 is 14.3 Å². The average Bonchev–Trinajstić information content (AvgIpc) is 3.10. The van der Waals surface area contributed by atoms with Gasteiger partial charge in [0.25, 0.3) is 0 Å². The highest BCUT2D eigenvalue weighted by Crippen LogP contribution is 2.33. The summed E-state index contributed by atoms with van der Waals surface area (Å²) in [6.07, 6.45) is 3.85. The smallest absolute Gasteiger partial charge is 0.145 e. The molecular formula is C23H28Cl2N4O3. The maximum atomic E-state index is 12.8. The largest absolute Gasteiger partial charge is 0.381 e. The van der Waals surface area contributed by atoms with Crippen LogP contribution in [-0.4, -0.2) is 61.8 Å². The van der Waals surface area contributed by atoms with Crippen LogP contribution in [0.5, 0.6) is 0 Å². The molecule has 2 fully saturated rings. The van der Waals surface area contributed by atoms with Crippen molar-refractivity contribution >= 4 is 34.8 Å². The van der Waals surface area contributed by atoms with Gasteiger partial charge in [0.1, 0.15) is 11.6 Å². The molecule has 0 saturated carbocycles. The summed E-state index contributed by atoms with van der Waals surface area (Å²) in [5.41, 5.74) is 1.88. The molecule has 4 heterocycles. The number of halogens is 2. The number of pyridine rings is 2. The summed E-state index contributed by atoms with van der Waals surface area (Å²) in [7, 11) is 0. The van der Waals surface area contributed by atoms with E-state index >= 15 is 0 Å². The van der Waals surface area contributed by atoms with Gasteiger partial charge in [-0.1, -0.05) is 23.2 Å². The lowest BCUT2D eigenvalue weighted by molar-refractivity contribution is -0.123. The number of carbonyl (C=O) groups excluding carboxylic acids is 1. The summed E-state index contributed by atoms with van der Waals surface area (Å²) in [5, 5.41) is 7.57. The molecule has 0 amide bonds. The van der Waals surface area contributed by atoms with Crippen molar-refractivity contribution in [1.82, 2.24) is 15.3 Å². The predicted molar refractivity (Wildman–Crippen MR) is 125 cm³/mol. The SMILES string of the molecule is O=C(Cc1cc(-c2nc(NCC3CCOCC3)ccc2Cl)c(Cl)cn1)C1CNCCOC1. The van der Waals surface area contributed by atoms with Crippen LogP contribution in [0, 0.1) is 11.8 Å². The number of anilines is 1. The van der Waals surface area contributed by atoms with Crippen molar-refractivity contribution in [2.24, 2.45) is 11.8 Å². The van der Waals surface area contributed by atoms with Gasteiger partial charge in [0.2, 0.25) is 0 Å². The monoisotopic (exact) mass is 478 g/mol. The van der Waals surface area contributed by atoms with Crippen LogP contribution in [0.1, 0.15) is 18.5 Å². The zero-order valence-corrected chi connectivity index (χ0v) is 19.4. The number of Topliss-reactive ketones (excluding diaryl/α,β-unsaturated/α-hetero) is 1. The molecule has 9 heteroatoms. The van der Waals surface area contributed by atoms with E-state index in [0.29, 0.717) is 52.7 Å². The van der Waals surface area contributed by atoms with Crippen molar-refractivity contribution in [3.8, 4) is 11.3 Å². The molecule has 0 radical (unpaired) electrons. The Bertz CT molecular complexity index is 929. The van der Waals surface area contributed by atoms with Crippen LogP contribution in [0.3, 0.4) is 0 Å². The Labute approximate surface area is 198 Å². The van der Waals surface area contributed by atoms with Gasteiger partial charge in [0, 0.05) is 56.7 Å². The Balaban J connectivity index is 1.49. The van der Waals surface area contributed by atoms with E-state index < -0.39 is 0 Å². The maximum Gasteiger partial charge on any atom is 0.145 e. The topological polar surface area (TPSA) is 85.4 Å². The molecule has 7 nitrogen and oxygen atoms in total. The van der Waals surface area contributed by atoms with Gasteiger partial charge >= 0.3 is 0 Å². The third-order valence-electron chi connectivity index (χ3n) is 5.87. The molecular weight excluding hydrogens is 451 g/mol. The second-order valence-electron chi connectivity index (χ2n) is 8.24. The molecule has 0 bridgehead atoms. The standard InChI is InChI=1S/C23H28Cl2N4O3/c24-19-1-2-22(28-11-15-3-6-31-7-4-15)29-23(19)18-9-17(27-13-20(18)25)10-21(30)16-12-26-5-8-32-14-16/h1-2,9,13,15-16,26H,3-8,10-12,14H2,(H,28,29). The number of ketones is 1. The zero-order valence-electron chi connectivity index (χ0n) is 17.9. The van der Waals surface area contributed by atoms with E-state index in [1.54, 1.807) is 6.20 Å². The molecule has 0 aromatic carbocycles. The number of ether oxygens (including phenoxy) is 2. The minimum absolute atomic E-state index is 0.0890. The summed E-state index contributed by atoms with van der Waals surface area (Å²) >= 11 is 12.9. The Morgan fingerprint density at radius 3 is 2.84 bits per heavy atom. The first-order valence-corrected chi connectivity index (χ1v) is 11.8. The predicted octanol–water partition coefficient (Wildman–Crippen LogP) is 3.64. The number of nitrogens with zero attached hydrogens (tertiary/aromatic N) is 2. The molecule has 0 aliphatic carbocycles. The normalized spacial score (nSPS) is 20.0. The lowest BCUT2D eigenvalue weighted by atomic mass is 9.99. The van der Waals surface area contributed by atoms with Crippen LogP contribution in [0.15, 0.2) is 24.4 Å². The fourth-order valence-corrected chi connectivity index (χ4v) is 4.32. The van der Waals surface area contributed by atoms with Crippen LogP contribution in [0.25, 0.3) is 11.3 Å². The van der Waals surface area contributed by atoms with Crippen LogP contribution in [0.4, 0.5) is 5.82 Å². The number of aromatic nitrogens is 2. The number of nitrogens with one attached hydrogen (secondary N) is 2. The molecule has 1 unspecified atom stereocenters. The Morgan fingerprint density at radius 2 is 2.00 bits per heavy atom. The van der Waals surface area contributed by atoms with Crippen molar-refractivity contribution in [2.45, 2.75) is 19.3 Å². The zero-order chi connectivity index (χ0) is 22.3. The second-order valence-corrected chi connectivity index (χ2v) is 9.05. The fourth-order valence-electron chi connectivity index (χ4n) is 3.92. The Kier molecular flexibility index (Phi) is 8.32. The summed E-state index contributed by atoms with van der Waals surface area (Å²) < 4.78 is 10.9. The van der Waals surface area contributed by atoms with E-state index in [9.17, 15) is 4.79 Å². The minimum atomic E-state index is -0.183. The van der Waals surface area contributed by atoms with E-state index in [4.69, 9.17) is 37.7 Å². The van der Waals surface area contributed by atoms with Gasteiger partial charge in [0.05, 0.1) is 34.9 Å². The van der Waals surface area contributed by atoms with Crippen LogP contribution < -0.4 is 10.6 Å². The van der Waals surface area contributed by atoms with Crippen molar-refractivity contribution in [1.29, 1.82) is 0 Å². The molecule has 0 spiro atoms. The van der Waals surface area contributed by atoms with E-state index in [2.05, 4.69) is 15.6 Å². The Morgan fingerprint density at radius 1 is 1.16 bits per heavy atom. The highest BCUT2D eigenvalue weighted by molar-refractivity contribution is 6.36. The first kappa shape index (κ1) is 23.4. The molecule has 32 heavy (non-hydrogen) atoms. The van der Waals surface area contributed by atoms with Crippen LogP contribution in [-0.2, 0) is 20.7 Å². The lowest BCUT2D eigenvalue weighted by Crippen LogP contribution is -2.30. The molecule has 2 aliphatic rings. The molecule has 2 aromatic heterocycles. The van der Waals surface area contributed by atoms with Gasteiger partial charge in [-0.05, 0) is 37.0 Å². The van der Waals surface area contributed by atoms with Gasteiger partial charge < -0.3 is 20.1 Å². The van der Waals surface area contributed by atoms with Crippen molar-refractivity contribution in [3.63, 3.8) is 0 Å². The molecule has 1 atom stereocenters.